The van der Waals surface area contributed by atoms with Gasteiger partial charge in [0.05, 0.1) is 5.75 Å². The Balaban J connectivity index is 0.00000631. The Morgan fingerprint density at radius 3 is 2.38 bits per heavy atom. The monoisotopic (exact) mass is 562 g/mol. The molecule has 1 rings (SSSR count). The number of nitrogens with two attached hydrogens (primary N) is 1. The highest BCUT2D eigenvalue weighted by molar-refractivity contribution is 8.06. The molecule has 2 amide bonds. The van der Waals surface area contributed by atoms with Gasteiger partial charge in [-0.2, -0.15) is 11.8 Å². The van der Waals surface area contributed by atoms with Gasteiger partial charge in [-0.05, 0) is 30.7 Å². The molecule has 13 nitrogen and oxygen atoms in total. The van der Waals surface area contributed by atoms with E-state index in [4.69, 9.17) is 15.9 Å². The Labute approximate surface area is 219 Å². The number of carboxylic acid groups (broad SMARTS) is 2. The number of sulfone groups is 1. The van der Waals surface area contributed by atoms with Gasteiger partial charge in [0.1, 0.15) is 18.6 Å². The second kappa shape index (κ2) is 17.4. The topological polar surface area (TPSA) is 223 Å². The maximum absolute atomic E-state index is 12.3. The summed E-state index contributed by atoms with van der Waals surface area (Å²) in [5.41, 5.74) is 5.81. The van der Waals surface area contributed by atoms with Crippen molar-refractivity contribution in [3.05, 3.63) is 29.6 Å². The van der Waals surface area contributed by atoms with Crippen molar-refractivity contribution in [1.29, 1.82) is 0 Å². The number of nitrogens with zero attached hydrogens (tertiary/aromatic N) is 1. The molecule has 37 heavy (non-hydrogen) atoms. The standard InChI is InChI=1S/C20H28N4O9S2.C2H6/c1-2-35(32,33)20(31)12-5-7-22-13(9-12)6-8-34-11-15(18(28)23-10-17(26)27)24-16(25)4-3-14(21)19(29)30;1-2/h5,7,9,14-15H,2-4,6,8,10-11,21H2,1H3,(H,23,28)(H,24,25)(H,26,27)(H,29,30);1-2H3. The molecule has 0 saturated carbocycles. The summed E-state index contributed by atoms with van der Waals surface area (Å²) in [6.07, 6.45) is 1.25. The first-order valence-corrected chi connectivity index (χ1v) is 14.2. The van der Waals surface area contributed by atoms with Gasteiger partial charge in [-0.15, -0.1) is 0 Å². The lowest BCUT2D eigenvalue weighted by molar-refractivity contribution is -0.139. The second-order valence-electron chi connectivity index (χ2n) is 7.27. The molecule has 1 heterocycles. The van der Waals surface area contributed by atoms with Crippen LogP contribution in [0.4, 0.5) is 0 Å². The number of hydrogen-bond donors (Lipinski definition) is 5. The van der Waals surface area contributed by atoms with E-state index >= 15 is 0 Å². The van der Waals surface area contributed by atoms with Crippen LogP contribution < -0.4 is 16.4 Å². The van der Waals surface area contributed by atoms with E-state index in [-0.39, 0.29) is 29.9 Å². The quantitative estimate of drug-likeness (QED) is 0.176. The van der Waals surface area contributed by atoms with Crippen molar-refractivity contribution in [3.8, 4) is 0 Å². The van der Waals surface area contributed by atoms with Crippen LogP contribution in [-0.2, 0) is 35.4 Å². The van der Waals surface area contributed by atoms with Crippen molar-refractivity contribution in [2.24, 2.45) is 5.73 Å². The molecule has 2 atom stereocenters. The molecular weight excluding hydrogens is 528 g/mol. The molecule has 0 aromatic carbocycles. The third-order valence-corrected chi connectivity index (χ3v) is 7.19. The van der Waals surface area contributed by atoms with Gasteiger partial charge in [0, 0.05) is 29.6 Å². The van der Waals surface area contributed by atoms with E-state index < -0.39 is 57.3 Å². The predicted octanol–water partition coefficient (Wildman–Crippen LogP) is -0.164. The Morgan fingerprint density at radius 1 is 1.16 bits per heavy atom. The molecular formula is C22H34N4O9S2. The zero-order valence-corrected chi connectivity index (χ0v) is 22.6. The number of amides is 2. The van der Waals surface area contributed by atoms with Crippen LogP contribution in [0.2, 0.25) is 0 Å². The van der Waals surface area contributed by atoms with Gasteiger partial charge in [0.25, 0.3) is 5.12 Å². The molecule has 15 heteroatoms. The van der Waals surface area contributed by atoms with E-state index in [2.05, 4.69) is 15.6 Å². The van der Waals surface area contributed by atoms with Crippen LogP contribution in [0, 0.1) is 0 Å². The third kappa shape index (κ3) is 13.2. The fraction of sp³-hybridized carbons (Fsp3) is 0.545. The number of nitrogens with one attached hydrogen (secondary N) is 2. The second-order valence-corrected chi connectivity index (χ2v) is 10.6. The normalized spacial score (nSPS) is 12.3. The minimum Gasteiger partial charge on any atom is -0.480 e. The number of carbonyl (C=O) groups is 5. The molecule has 0 aliphatic rings. The number of carbonyl (C=O) groups excluding carboxylic acids is 3. The predicted molar refractivity (Wildman–Crippen MR) is 138 cm³/mol. The van der Waals surface area contributed by atoms with Gasteiger partial charge < -0.3 is 26.6 Å². The van der Waals surface area contributed by atoms with Crippen molar-refractivity contribution >= 4 is 50.5 Å². The summed E-state index contributed by atoms with van der Waals surface area (Å²) in [6.45, 7) is 4.72. The zero-order chi connectivity index (χ0) is 28.6. The fourth-order valence-electron chi connectivity index (χ4n) is 2.58. The molecule has 6 N–H and O–H groups in total. The van der Waals surface area contributed by atoms with Gasteiger partial charge in [0.2, 0.25) is 21.7 Å². The molecule has 0 saturated heterocycles. The van der Waals surface area contributed by atoms with E-state index in [1.165, 1.54) is 37.0 Å². The number of aliphatic carboxylic acids is 2. The first-order valence-electron chi connectivity index (χ1n) is 11.4. The number of carboxylic acids is 2. The smallest absolute Gasteiger partial charge is 0.322 e. The van der Waals surface area contributed by atoms with Crippen LogP contribution >= 0.6 is 11.8 Å². The van der Waals surface area contributed by atoms with Crippen molar-refractivity contribution in [1.82, 2.24) is 15.6 Å². The lowest BCUT2D eigenvalue weighted by atomic mass is 10.1. The van der Waals surface area contributed by atoms with Gasteiger partial charge in [0.15, 0.2) is 0 Å². The van der Waals surface area contributed by atoms with Gasteiger partial charge >= 0.3 is 11.9 Å². The number of aromatic nitrogens is 1. The average Bonchev–Trinajstić information content (AvgIpc) is 2.88. The van der Waals surface area contributed by atoms with Crippen LogP contribution in [0.5, 0.6) is 0 Å². The fourth-order valence-corrected chi connectivity index (χ4v) is 4.31. The van der Waals surface area contributed by atoms with Gasteiger partial charge in [-0.25, -0.2) is 8.42 Å². The maximum atomic E-state index is 12.3. The number of thioether (sulfide) groups is 1. The Kier molecular flexibility index (Phi) is 16.0. The molecule has 208 valence electrons. The number of rotatable bonds is 15. The lowest BCUT2D eigenvalue weighted by Crippen LogP contribution is -2.49. The minimum absolute atomic E-state index is 0.000364. The molecule has 0 radical (unpaired) electrons. The highest BCUT2D eigenvalue weighted by Gasteiger charge is 2.23. The Hall–Kier alpha value is -3.04. The maximum Gasteiger partial charge on any atom is 0.322 e. The van der Waals surface area contributed by atoms with Crippen LogP contribution in [-0.4, -0.2) is 88.4 Å². The van der Waals surface area contributed by atoms with E-state index in [9.17, 15) is 32.4 Å². The third-order valence-electron chi connectivity index (χ3n) is 4.57. The molecule has 0 aliphatic carbocycles. The largest absolute Gasteiger partial charge is 0.480 e. The van der Waals surface area contributed by atoms with Crippen LogP contribution in [0.3, 0.4) is 0 Å². The Bertz CT molecular complexity index is 1050. The summed E-state index contributed by atoms with van der Waals surface area (Å²) in [7, 11) is -3.89. The van der Waals surface area contributed by atoms with Crippen molar-refractivity contribution in [2.45, 2.75) is 52.1 Å². The average molecular weight is 563 g/mol. The Morgan fingerprint density at radius 2 is 1.81 bits per heavy atom. The highest BCUT2D eigenvalue weighted by atomic mass is 32.2. The molecule has 2 unspecified atom stereocenters. The minimum atomic E-state index is -3.89. The zero-order valence-electron chi connectivity index (χ0n) is 20.9. The first-order chi connectivity index (χ1) is 17.4. The summed E-state index contributed by atoms with van der Waals surface area (Å²) in [6, 6.07) is 0.349. The first kappa shape index (κ1) is 34.0. The van der Waals surface area contributed by atoms with Crippen molar-refractivity contribution < 1.29 is 42.6 Å². The van der Waals surface area contributed by atoms with Gasteiger partial charge in [-0.3, -0.25) is 29.0 Å². The number of pyridine rings is 1. The van der Waals surface area contributed by atoms with Crippen molar-refractivity contribution in [2.75, 3.05) is 23.8 Å². The molecule has 0 aliphatic heterocycles. The molecule has 1 aromatic rings. The highest BCUT2D eigenvalue weighted by Crippen LogP contribution is 2.12. The van der Waals surface area contributed by atoms with Crippen LogP contribution in [0.25, 0.3) is 0 Å². The van der Waals surface area contributed by atoms with Crippen molar-refractivity contribution in [3.63, 3.8) is 0 Å². The molecule has 0 bridgehead atoms. The van der Waals surface area contributed by atoms with Gasteiger partial charge in [-0.1, -0.05) is 20.8 Å². The van der Waals surface area contributed by atoms with E-state index in [1.54, 1.807) is 0 Å². The molecule has 1 aromatic heterocycles. The van der Waals surface area contributed by atoms with Crippen LogP contribution in [0.15, 0.2) is 18.3 Å². The summed E-state index contributed by atoms with van der Waals surface area (Å²) >= 11 is 1.23. The molecule has 0 spiro atoms. The van der Waals surface area contributed by atoms with E-state index in [0.29, 0.717) is 17.9 Å². The summed E-state index contributed by atoms with van der Waals surface area (Å²) in [5.74, 6) is -3.77. The number of aryl methyl sites for hydroxylation is 1. The van der Waals surface area contributed by atoms with Crippen LogP contribution in [0.1, 0.15) is 49.7 Å². The summed E-state index contributed by atoms with van der Waals surface area (Å²) in [5, 5.41) is 21.2. The molecule has 0 fully saturated rings. The number of hydrogen-bond acceptors (Lipinski definition) is 10. The van der Waals surface area contributed by atoms with E-state index in [1.807, 2.05) is 13.8 Å². The summed E-state index contributed by atoms with van der Waals surface area (Å²) < 4.78 is 23.6. The van der Waals surface area contributed by atoms with E-state index in [0.717, 1.165) is 0 Å². The summed E-state index contributed by atoms with van der Waals surface area (Å²) in [4.78, 5) is 62.1. The lowest BCUT2D eigenvalue weighted by Gasteiger charge is -2.18. The SMILES string of the molecule is CC.CCS(=O)(=O)C(=O)c1ccnc(CCSCC(NC(=O)CCC(N)C(=O)O)C(=O)NCC(=O)O)c1.